The van der Waals surface area contributed by atoms with E-state index in [2.05, 4.69) is 11.5 Å². The lowest BCUT2D eigenvalue weighted by atomic mass is 10.3. The molecule has 0 aromatic carbocycles. The Kier molecular flexibility index (Phi) is 4.27. The van der Waals surface area contributed by atoms with Gasteiger partial charge in [-0.3, -0.25) is 9.69 Å². The van der Waals surface area contributed by atoms with E-state index in [-0.39, 0.29) is 12.5 Å². The molecule has 1 saturated heterocycles. The molecular weight excluding hydrogens is 195 g/mol. The smallest absolute Gasteiger partial charge is 0.246 e. The highest BCUT2D eigenvalue weighted by Crippen LogP contribution is 2.10. The number of carbonyl (C=O) groups is 1. The van der Waals surface area contributed by atoms with Crippen molar-refractivity contribution < 1.29 is 9.18 Å². The molecule has 86 valence electrons. The van der Waals surface area contributed by atoms with E-state index in [1.165, 1.54) is 11.0 Å². The molecule has 1 atom stereocenters. The molecule has 0 radical (unpaired) electrons. The standard InChI is InChI=1S/C11H19FN2O/c1-4-11(15)14-6-5-13(9(2)3)7-10(12)8-14/h4,9-10H,1,5-8H2,2-3H3. The van der Waals surface area contributed by atoms with Crippen LogP contribution in [0, 0.1) is 0 Å². The molecule has 0 aromatic heterocycles. The zero-order valence-electron chi connectivity index (χ0n) is 9.45. The zero-order chi connectivity index (χ0) is 11.4. The fourth-order valence-corrected chi connectivity index (χ4v) is 1.78. The Morgan fingerprint density at radius 3 is 2.67 bits per heavy atom. The lowest BCUT2D eigenvalue weighted by Crippen LogP contribution is -2.36. The molecule has 1 heterocycles. The Morgan fingerprint density at radius 1 is 1.47 bits per heavy atom. The van der Waals surface area contributed by atoms with Crippen molar-refractivity contribution in [3.63, 3.8) is 0 Å². The molecular formula is C11H19FN2O. The van der Waals surface area contributed by atoms with E-state index in [0.717, 1.165) is 6.54 Å². The molecule has 0 aliphatic carbocycles. The summed E-state index contributed by atoms with van der Waals surface area (Å²) in [5.74, 6) is -0.178. The van der Waals surface area contributed by atoms with Crippen molar-refractivity contribution in [3.05, 3.63) is 12.7 Å². The number of nitrogens with zero attached hydrogens (tertiary/aromatic N) is 2. The van der Waals surface area contributed by atoms with Gasteiger partial charge < -0.3 is 4.90 Å². The van der Waals surface area contributed by atoms with E-state index >= 15 is 0 Å². The summed E-state index contributed by atoms with van der Waals surface area (Å²) in [6.07, 6.45) is 0.288. The number of rotatable bonds is 2. The Bertz CT molecular complexity index is 243. The van der Waals surface area contributed by atoms with Crippen molar-refractivity contribution in [2.75, 3.05) is 26.2 Å². The predicted octanol–water partition coefficient (Wildman–Crippen LogP) is 1.06. The predicted molar refractivity (Wildman–Crippen MR) is 58.4 cm³/mol. The molecule has 1 aliphatic heterocycles. The van der Waals surface area contributed by atoms with Crippen molar-refractivity contribution in [2.45, 2.75) is 26.1 Å². The van der Waals surface area contributed by atoms with E-state index in [9.17, 15) is 9.18 Å². The molecule has 0 spiro atoms. The van der Waals surface area contributed by atoms with Gasteiger partial charge in [-0.1, -0.05) is 6.58 Å². The normalized spacial score (nSPS) is 24.0. The Hall–Kier alpha value is -0.900. The summed E-state index contributed by atoms with van der Waals surface area (Å²) in [5.41, 5.74) is 0. The molecule has 15 heavy (non-hydrogen) atoms. The molecule has 0 saturated carbocycles. The fourth-order valence-electron chi connectivity index (χ4n) is 1.78. The van der Waals surface area contributed by atoms with E-state index in [4.69, 9.17) is 0 Å². The van der Waals surface area contributed by atoms with Gasteiger partial charge in [0.25, 0.3) is 0 Å². The minimum absolute atomic E-state index is 0.178. The topological polar surface area (TPSA) is 23.6 Å². The van der Waals surface area contributed by atoms with E-state index in [1.54, 1.807) is 0 Å². The lowest BCUT2D eigenvalue weighted by Gasteiger charge is -2.24. The second kappa shape index (κ2) is 5.26. The fraction of sp³-hybridized carbons (Fsp3) is 0.727. The van der Waals surface area contributed by atoms with Gasteiger partial charge in [0.2, 0.25) is 5.91 Å². The van der Waals surface area contributed by atoms with Gasteiger partial charge in [-0.25, -0.2) is 4.39 Å². The Morgan fingerprint density at radius 2 is 2.13 bits per heavy atom. The van der Waals surface area contributed by atoms with Crippen LogP contribution in [0.2, 0.25) is 0 Å². The molecule has 4 heteroatoms. The summed E-state index contributed by atoms with van der Waals surface area (Å²) >= 11 is 0. The molecule has 1 fully saturated rings. The largest absolute Gasteiger partial charge is 0.335 e. The molecule has 0 aromatic rings. The van der Waals surface area contributed by atoms with Crippen molar-refractivity contribution in [1.29, 1.82) is 0 Å². The summed E-state index contributed by atoms with van der Waals surface area (Å²) in [6.45, 7) is 9.42. The highest BCUT2D eigenvalue weighted by atomic mass is 19.1. The second-order valence-electron chi connectivity index (χ2n) is 4.17. The van der Waals surface area contributed by atoms with Crippen LogP contribution in [0.15, 0.2) is 12.7 Å². The first-order valence-corrected chi connectivity index (χ1v) is 5.34. The monoisotopic (exact) mass is 214 g/mol. The van der Waals surface area contributed by atoms with Gasteiger partial charge in [-0.2, -0.15) is 0 Å². The molecule has 1 amide bonds. The number of alkyl halides is 1. The van der Waals surface area contributed by atoms with Gasteiger partial charge in [-0.15, -0.1) is 0 Å². The van der Waals surface area contributed by atoms with Crippen LogP contribution in [0.5, 0.6) is 0 Å². The first-order valence-electron chi connectivity index (χ1n) is 5.34. The van der Waals surface area contributed by atoms with Crippen molar-refractivity contribution in [3.8, 4) is 0 Å². The van der Waals surface area contributed by atoms with Crippen molar-refractivity contribution in [2.24, 2.45) is 0 Å². The van der Waals surface area contributed by atoms with Crippen molar-refractivity contribution >= 4 is 5.91 Å². The van der Waals surface area contributed by atoms with Crippen LogP contribution in [0.4, 0.5) is 4.39 Å². The van der Waals surface area contributed by atoms with E-state index < -0.39 is 6.17 Å². The third kappa shape index (κ3) is 3.30. The van der Waals surface area contributed by atoms with Crippen LogP contribution in [0.1, 0.15) is 13.8 Å². The summed E-state index contributed by atoms with van der Waals surface area (Å²) < 4.78 is 13.5. The zero-order valence-corrected chi connectivity index (χ0v) is 9.45. The van der Waals surface area contributed by atoms with Gasteiger partial charge in [0, 0.05) is 25.7 Å². The minimum atomic E-state index is -0.959. The molecule has 3 nitrogen and oxygen atoms in total. The van der Waals surface area contributed by atoms with Crippen LogP contribution < -0.4 is 0 Å². The molecule has 1 rings (SSSR count). The summed E-state index contributed by atoms with van der Waals surface area (Å²) in [7, 11) is 0. The SMILES string of the molecule is C=CC(=O)N1CCN(C(C)C)CC(F)C1. The maximum Gasteiger partial charge on any atom is 0.246 e. The molecule has 1 aliphatic rings. The van der Waals surface area contributed by atoms with Gasteiger partial charge in [-0.05, 0) is 19.9 Å². The summed E-state index contributed by atoms with van der Waals surface area (Å²) in [5, 5.41) is 0. The van der Waals surface area contributed by atoms with Crippen molar-refractivity contribution in [1.82, 2.24) is 9.80 Å². The molecule has 0 bridgehead atoms. The minimum Gasteiger partial charge on any atom is -0.335 e. The quantitative estimate of drug-likeness (QED) is 0.642. The van der Waals surface area contributed by atoms with E-state index in [1.807, 2.05) is 13.8 Å². The number of amides is 1. The average Bonchev–Trinajstić information content (AvgIpc) is 2.38. The number of halogens is 1. The van der Waals surface area contributed by atoms with Crippen LogP contribution in [0.25, 0.3) is 0 Å². The first kappa shape index (κ1) is 12.2. The maximum atomic E-state index is 13.5. The first-order chi connectivity index (χ1) is 7.04. The van der Waals surface area contributed by atoms with E-state index in [0.29, 0.717) is 19.1 Å². The lowest BCUT2D eigenvalue weighted by molar-refractivity contribution is -0.126. The van der Waals surface area contributed by atoms with Gasteiger partial charge >= 0.3 is 0 Å². The third-order valence-corrected chi connectivity index (χ3v) is 2.72. The third-order valence-electron chi connectivity index (χ3n) is 2.72. The number of hydrogen-bond acceptors (Lipinski definition) is 2. The summed E-state index contributed by atoms with van der Waals surface area (Å²) in [4.78, 5) is 14.9. The highest BCUT2D eigenvalue weighted by molar-refractivity contribution is 5.87. The maximum absolute atomic E-state index is 13.5. The highest BCUT2D eigenvalue weighted by Gasteiger charge is 2.25. The Balaban J connectivity index is 2.61. The van der Waals surface area contributed by atoms with Gasteiger partial charge in [0.1, 0.15) is 6.17 Å². The van der Waals surface area contributed by atoms with Crippen LogP contribution in [-0.4, -0.2) is 54.1 Å². The Labute approximate surface area is 90.5 Å². The number of hydrogen-bond donors (Lipinski definition) is 0. The second-order valence-corrected chi connectivity index (χ2v) is 4.17. The average molecular weight is 214 g/mol. The number of carbonyl (C=O) groups excluding carboxylic acids is 1. The van der Waals surface area contributed by atoms with Crippen LogP contribution in [-0.2, 0) is 4.79 Å². The van der Waals surface area contributed by atoms with Crippen LogP contribution in [0.3, 0.4) is 0 Å². The molecule has 0 N–H and O–H groups in total. The van der Waals surface area contributed by atoms with Gasteiger partial charge in [0.05, 0.1) is 6.54 Å². The molecule has 1 unspecified atom stereocenters. The van der Waals surface area contributed by atoms with Crippen LogP contribution >= 0.6 is 0 Å². The van der Waals surface area contributed by atoms with Gasteiger partial charge in [0.15, 0.2) is 0 Å². The summed E-state index contributed by atoms with van der Waals surface area (Å²) in [6, 6.07) is 0.321.